The summed E-state index contributed by atoms with van der Waals surface area (Å²) in [6, 6.07) is 31.3. The fourth-order valence-electron chi connectivity index (χ4n) is 5.82. The van der Waals surface area contributed by atoms with Crippen LogP contribution in [0.4, 0.5) is 0 Å². The van der Waals surface area contributed by atoms with Crippen molar-refractivity contribution in [2.45, 2.75) is 53.6 Å². The molecule has 0 fully saturated rings. The van der Waals surface area contributed by atoms with Gasteiger partial charge in [0, 0.05) is 22.0 Å². The standard InChI is InChI=1S/C33H37N2.HI/c1-32(2,3)30(28-19-11-15-24-13-7-9-17-26(24)28)34-21-22-35(23-34)31(33(4,5)6)29-20-12-16-25-14-8-10-18-27(25)29;/h7-23,30-31H,1-6H3;1H/q+1;/p-1/t30-,31-;/m0./s1. The number of rotatable bonds is 4. The number of imidazole rings is 1. The van der Waals surface area contributed by atoms with Crippen LogP contribution in [0.15, 0.2) is 104 Å². The molecule has 1 aromatic heterocycles. The maximum absolute atomic E-state index is 2.42. The van der Waals surface area contributed by atoms with Crippen molar-refractivity contribution >= 4 is 21.5 Å². The maximum atomic E-state index is 2.42. The lowest BCUT2D eigenvalue weighted by atomic mass is 9.80. The number of halogens is 1. The van der Waals surface area contributed by atoms with Crippen LogP contribution in [-0.2, 0) is 0 Å². The Morgan fingerprint density at radius 2 is 1.11 bits per heavy atom. The zero-order valence-electron chi connectivity index (χ0n) is 22.2. The monoisotopic (exact) mass is 588 g/mol. The van der Waals surface area contributed by atoms with Gasteiger partial charge in [0.25, 0.3) is 0 Å². The van der Waals surface area contributed by atoms with Crippen LogP contribution >= 0.6 is 0 Å². The molecule has 0 saturated carbocycles. The van der Waals surface area contributed by atoms with E-state index < -0.39 is 0 Å². The molecule has 3 heteroatoms. The number of aromatic nitrogens is 2. The van der Waals surface area contributed by atoms with Crippen molar-refractivity contribution in [1.82, 2.24) is 4.57 Å². The second-order valence-electron chi connectivity index (χ2n) is 12.0. The Labute approximate surface area is 233 Å². The van der Waals surface area contributed by atoms with Crippen LogP contribution in [0.1, 0.15) is 64.8 Å². The van der Waals surface area contributed by atoms with Crippen molar-refractivity contribution in [2.24, 2.45) is 10.8 Å². The molecular weight excluding hydrogens is 551 g/mol. The predicted molar refractivity (Wildman–Crippen MR) is 148 cm³/mol. The van der Waals surface area contributed by atoms with E-state index in [1.165, 1.54) is 32.7 Å². The third-order valence-corrected chi connectivity index (χ3v) is 7.15. The lowest BCUT2D eigenvalue weighted by Crippen LogP contribution is -3.00. The predicted octanol–water partition coefficient (Wildman–Crippen LogP) is 5.36. The smallest absolute Gasteiger partial charge is 0.244 e. The van der Waals surface area contributed by atoms with Gasteiger partial charge in [-0.05, 0) is 21.5 Å². The maximum Gasteiger partial charge on any atom is 0.244 e. The molecule has 36 heavy (non-hydrogen) atoms. The van der Waals surface area contributed by atoms with E-state index in [2.05, 4.69) is 154 Å². The summed E-state index contributed by atoms with van der Waals surface area (Å²) in [7, 11) is 0. The normalized spacial score (nSPS) is 13.9. The van der Waals surface area contributed by atoms with E-state index in [0.29, 0.717) is 0 Å². The highest BCUT2D eigenvalue weighted by Gasteiger charge is 2.37. The van der Waals surface area contributed by atoms with Crippen LogP contribution in [0.2, 0.25) is 0 Å². The molecular formula is C33H37IN2. The highest BCUT2D eigenvalue weighted by molar-refractivity contribution is 5.87. The summed E-state index contributed by atoms with van der Waals surface area (Å²) in [4.78, 5) is 0. The Balaban J connectivity index is 0.00000304. The van der Waals surface area contributed by atoms with Gasteiger partial charge in [-0.25, -0.2) is 9.13 Å². The molecule has 1 heterocycles. The molecule has 0 aliphatic heterocycles. The highest BCUT2D eigenvalue weighted by Crippen LogP contribution is 2.40. The first-order valence-corrected chi connectivity index (χ1v) is 12.7. The third kappa shape index (κ3) is 4.95. The number of hydrogen-bond acceptors (Lipinski definition) is 0. The molecule has 0 spiro atoms. The molecule has 0 amide bonds. The minimum atomic E-state index is 0. The zero-order chi connectivity index (χ0) is 24.8. The van der Waals surface area contributed by atoms with Crippen molar-refractivity contribution in [2.75, 3.05) is 0 Å². The Morgan fingerprint density at radius 1 is 0.611 bits per heavy atom. The van der Waals surface area contributed by atoms with Crippen molar-refractivity contribution in [3.63, 3.8) is 0 Å². The van der Waals surface area contributed by atoms with Crippen LogP contribution in [0.3, 0.4) is 0 Å². The molecule has 2 atom stereocenters. The Kier molecular flexibility index (Phi) is 7.34. The number of hydrogen-bond donors (Lipinski definition) is 0. The molecule has 0 radical (unpaired) electrons. The number of benzene rings is 4. The van der Waals surface area contributed by atoms with Crippen LogP contribution < -0.4 is 28.5 Å². The first-order valence-electron chi connectivity index (χ1n) is 12.7. The molecule has 0 N–H and O–H groups in total. The molecule has 5 aromatic rings. The first kappa shape index (κ1) is 26.4. The van der Waals surface area contributed by atoms with E-state index in [0.717, 1.165) is 0 Å². The lowest BCUT2D eigenvalue weighted by molar-refractivity contribution is -0.725. The van der Waals surface area contributed by atoms with Crippen molar-refractivity contribution in [1.29, 1.82) is 0 Å². The second-order valence-corrected chi connectivity index (χ2v) is 12.0. The Morgan fingerprint density at radius 3 is 1.67 bits per heavy atom. The summed E-state index contributed by atoms with van der Waals surface area (Å²) in [5.41, 5.74) is 2.82. The molecule has 0 saturated heterocycles. The van der Waals surface area contributed by atoms with Gasteiger partial charge in [-0.1, -0.05) is 126 Å². The van der Waals surface area contributed by atoms with E-state index in [1.54, 1.807) is 0 Å². The number of nitrogens with zero attached hydrogens (tertiary/aromatic N) is 2. The number of fused-ring (bicyclic) bond motifs is 2. The van der Waals surface area contributed by atoms with Gasteiger partial charge in [0.1, 0.15) is 24.5 Å². The SMILES string of the molecule is CC(C)(C)[C@H](c1cccc2ccccc12)n1cc[n+]([C@@H](c2cccc3ccccc23)C(C)(C)C)c1.[I-]. The van der Waals surface area contributed by atoms with Gasteiger partial charge >= 0.3 is 0 Å². The summed E-state index contributed by atoms with van der Waals surface area (Å²) < 4.78 is 4.84. The average molecular weight is 589 g/mol. The summed E-state index contributed by atoms with van der Waals surface area (Å²) in [6.45, 7) is 14.1. The van der Waals surface area contributed by atoms with Gasteiger partial charge in [0.2, 0.25) is 6.33 Å². The molecule has 0 bridgehead atoms. The van der Waals surface area contributed by atoms with Crippen LogP contribution in [0.25, 0.3) is 21.5 Å². The van der Waals surface area contributed by atoms with Gasteiger partial charge in [0.15, 0.2) is 0 Å². The van der Waals surface area contributed by atoms with Crippen LogP contribution in [-0.4, -0.2) is 4.57 Å². The minimum absolute atomic E-state index is 0. The summed E-state index contributed by atoms with van der Waals surface area (Å²) in [6.07, 6.45) is 6.86. The van der Waals surface area contributed by atoms with E-state index in [4.69, 9.17) is 0 Å². The topological polar surface area (TPSA) is 8.81 Å². The fourth-order valence-corrected chi connectivity index (χ4v) is 5.82. The molecule has 186 valence electrons. The van der Waals surface area contributed by atoms with E-state index in [9.17, 15) is 0 Å². The summed E-state index contributed by atoms with van der Waals surface area (Å²) in [5.74, 6) is 0. The lowest BCUT2D eigenvalue weighted by Gasteiger charge is -2.30. The van der Waals surface area contributed by atoms with Crippen molar-refractivity contribution in [3.8, 4) is 0 Å². The Hall–Kier alpha value is -2.66. The van der Waals surface area contributed by atoms with Crippen molar-refractivity contribution in [3.05, 3.63) is 115 Å². The molecule has 0 unspecified atom stereocenters. The molecule has 5 rings (SSSR count). The van der Waals surface area contributed by atoms with Crippen molar-refractivity contribution < 1.29 is 28.5 Å². The summed E-state index contributed by atoms with van der Waals surface area (Å²) >= 11 is 0. The highest BCUT2D eigenvalue weighted by atomic mass is 127. The Bertz CT molecular complexity index is 1360. The van der Waals surface area contributed by atoms with E-state index in [-0.39, 0.29) is 46.9 Å². The molecule has 0 aliphatic rings. The average Bonchev–Trinajstić information content (AvgIpc) is 3.26. The minimum Gasteiger partial charge on any atom is -1.00 e. The second kappa shape index (κ2) is 10.0. The largest absolute Gasteiger partial charge is 1.00 e. The van der Waals surface area contributed by atoms with Crippen LogP contribution in [0.5, 0.6) is 0 Å². The van der Waals surface area contributed by atoms with Gasteiger partial charge in [0.05, 0.1) is 0 Å². The van der Waals surface area contributed by atoms with Gasteiger partial charge in [-0.2, -0.15) is 0 Å². The van der Waals surface area contributed by atoms with Gasteiger partial charge in [-0.3, -0.25) is 0 Å². The van der Waals surface area contributed by atoms with E-state index in [1.807, 2.05) is 0 Å². The summed E-state index contributed by atoms with van der Waals surface area (Å²) in [5, 5.41) is 5.25. The fraction of sp³-hybridized carbons (Fsp3) is 0.303. The molecule has 0 aliphatic carbocycles. The van der Waals surface area contributed by atoms with Gasteiger partial charge < -0.3 is 24.0 Å². The molecule has 2 nitrogen and oxygen atoms in total. The van der Waals surface area contributed by atoms with E-state index >= 15 is 0 Å². The quantitative estimate of drug-likeness (QED) is 0.198. The molecule has 4 aromatic carbocycles. The third-order valence-electron chi connectivity index (χ3n) is 7.15. The first-order chi connectivity index (χ1) is 16.6. The zero-order valence-corrected chi connectivity index (χ0v) is 24.4. The van der Waals surface area contributed by atoms with Gasteiger partial charge in [-0.15, -0.1) is 0 Å². The van der Waals surface area contributed by atoms with Crippen LogP contribution in [0, 0.1) is 10.8 Å².